The fourth-order valence-electron chi connectivity index (χ4n) is 2.72. The maximum absolute atomic E-state index is 11.8. The zero-order valence-corrected chi connectivity index (χ0v) is 13.2. The number of carbonyl (C=O) groups excluding carboxylic acids is 1. The molecule has 0 bridgehead atoms. The van der Waals surface area contributed by atoms with Crippen molar-refractivity contribution < 1.29 is 9.53 Å². The number of unbranched alkanes of at least 4 members (excludes halogenated alkanes) is 1. The van der Waals surface area contributed by atoms with Crippen LogP contribution in [0.2, 0.25) is 0 Å². The zero-order valence-electron chi connectivity index (χ0n) is 13.2. The number of carbonyl (C=O) groups is 1. The SMILES string of the molecule is CCCCC1CC(NC(=O)OC(C)(C)C)CN(C)C1. The molecule has 1 aliphatic heterocycles. The van der Waals surface area contributed by atoms with Crippen LogP contribution < -0.4 is 5.32 Å². The Morgan fingerprint density at radius 3 is 2.63 bits per heavy atom. The van der Waals surface area contributed by atoms with E-state index in [0.717, 1.165) is 19.5 Å². The summed E-state index contributed by atoms with van der Waals surface area (Å²) in [5.41, 5.74) is -0.424. The van der Waals surface area contributed by atoms with Crippen LogP contribution in [0.1, 0.15) is 53.4 Å². The largest absolute Gasteiger partial charge is 0.444 e. The second-order valence-electron chi connectivity index (χ2n) is 6.81. The summed E-state index contributed by atoms with van der Waals surface area (Å²) in [4.78, 5) is 14.1. The van der Waals surface area contributed by atoms with Crippen LogP contribution in [0.5, 0.6) is 0 Å². The number of amides is 1. The van der Waals surface area contributed by atoms with E-state index in [-0.39, 0.29) is 12.1 Å². The Balaban J connectivity index is 2.42. The van der Waals surface area contributed by atoms with E-state index in [9.17, 15) is 4.79 Å². The van der Waals surface area contributed by atoms with Gasteiger partial charge in [-0.05, 0) is 46.6 Å². The second-order valence-corrected chi connectivity index (χ2v) is 6.81. The van der Waals surface area contributed by atoms with Gasteiger partial charge in [-0.25, -0.2) is 4.79 Å². The molecule has 19 heavy (non-hydrogen) atoms. The molecule has 0 aliphatic carbocycles. The molecule has 1 aliphatic rings. The molecule has 112 valence electrons. The number of piperidine rings is 1. The molecular weight excluding hydrogens is 240 g/mol. The quantitative estimate of drug-likeness (QED) is 0.854. The maximum atomic E-state index is 11.8. The molecule has 1 fully saturated rings. The number of hydrogen-bond acceptors (Lipinski definition) is 3. The van der Waals surface area contributed by atoms with Gasteiger partial charge < -0.3 is 15.0 Å². The van der Waals surface area contributed by atoms with Crippen molar-refractivity contribution in [1.82, 2.24) is 10.2 Å². The van der Waals surface area contributed by atoms with Gasteiger partial charge in [0.25, 0.3) is 0 Å². The number of likely N-dealkylation sites (N-methyl/N-ethyl adjacent to an activating group) is 1. The maximum Gasteiger partial charge on any atom is 0.407 e. The molecule has 1 rings (SSSR count). The average molecular weight is 270 g/mol. The van der Waals surface area contributed by atoms with Crippen LogP contribution in [0.3, 0.4) is 0 Å². The first-order valence-electron chi connectivity index (χ1n) is 7.48. The van der Waals surface area contributed by atoms with E-state index in [2.05, 4.69) is 24.2 Å². The number of hydrogen-bond donors (Lipinski definition) is 1. The summed E-state index contributed by atoms with van der Waals surface area (Å²) in [5.74, 6) is 0.693. The predicted molar refractivity (Wildman–Crippen MR) is 78.3 cm³/mol. The van der Waals surface area contributed by atoms with Gasteiger partial charge in [0.2, 0.25) is 0 Å². The normalized spacial score (nSPS) is 25.1. The van der Waals surface area contributed by atoms with Crippen LogP contribution in [-0.2, 0) is 4.74 Å². The molecule has 0 aromatic rings. The number of ether oxygens (including phenoxy) is 1. The summed E-state index contributed by atoms with van der Waals surface area (Å²) in [6.45, 7) is 9.97. The van der Waals surface area contributed by atoms with E-state index in [1.807, 2.05) is 20.8 Å². The third-order valence-electron chi connectivity index (χ3n) is 3.41. The highest BCUT2D eigenvalue weighted by atomic mass is 16.6. The average Bonchev–Trinajstić information content (AvgIpc) is 2.22. The van der Waals surface area contributed by atoms with Crippen molar-refractivity contribution in [2.45, 2.75) is 65.0 Å². The Kier molecular flexibility index (Phi) is 6.11. The Bertz CT molecular complexity index is 286. The van der Waals surface area contributed by atoms with E-state index in [4.69, 9.17) is 4.74 Å². The molecule has 1 saturated heterocycles. The molecule has 0 aromatic heterocycles. The summed E-state index contributed by atoms with van der Waals surface area (Å²) in [6.07, 6.45) is 4.56. The molecule has 2 atom stereocenters. The van der Waals surface area contributed by atoms with Gasteiger partial charge in [0.05, 0.1) is 0 Å². The molecule has 1 amide bonds. The van der Waals surface area contributed by atoms with Crippen LogP contribution in [0, 0.1) is 5.92 Å². The van der Waals surface area contributed by atoms with Crippen molar-refractivity contribution in [3.05, 3.63) is 0 Å². The molecule has 0 saturated carbocycles. The number of rotatable bonds is 4. The zero-order chi connectivity index (χ0) is 14.5. The summed E-state index contributed by atoms with van der Waals surface area (Å²) in [5, 5.41) is 3.01. The fraction of sp³-hybridized carbons (Fsp3) is 0.933. The van der Waals surface area contributed by atoms with E-state index in [1.165, 1.54) is 19.3 Å². The first-order chi connectivity index (χ1) is 8.80. The molecule has 1 N–H and O–H groups in total. The lowest BCUT2D eigenvalue weighted by atomic mass is 9.90. The van der Waals surface area contributed by atoms with Gasteiger partial charge in [0.15, 0.2) is 0 Å². The Labute approximate surface area is 117 Å². The third-order valence-corrected chi connectivity index (χ3v) is 3.41. The van der Waals surface area contributed by atoms with Crippen molar-refractivity contribution in [3.63, 3.8) is 0 Å². The van der Waals surface area contributed by atoms with Gasteiger partial charge in [0, 0.05) is 19.1 Å². The molecule has 1 heterocycles. The van der Waals surface area contributed by atoms with Gasteiger partial charge in [-0.1, -0.05) is 19.8 Å². The van der Waals surface area contributed by atoms with Crippen molar-refractivity contribution in [2.24, 2.45) is 5.92 Å². The van der Waals surface area contributed by atoms with Crippen LogP contribution in [0.25, 0.3) is 0 Å². The van der Waals surface area contributed by atoms with Crippen LogP contribution in [0.4, 0.5) is 4.79 Å². The molecule has 4 heteroatoms. The molecule has 0 spiro atoms. The number of nitrogens with one attached hydrogen (secondary N) is 1. The smallest absolute Gasteiger partial charge is 0.407 e. The molecule has 0 aromatic carbocycles. The monoisotopic (exact) mass is 270 g/mol. The highest BCUT2D eigenvalue weighted by Gasteiger charge is 2.27. The molecular formula is C15H30N2O2. The van der Waals surface area contributed by atoms with Crippen molar-refractivity contribution in [3.8, 4) is 0 Å². The minimum absolute atomic E-state index is 0.218. The van der Waals surface area contributed by atoms with E-state index < -0.39 is 5.60 Å². The van der Waals surface area contributed by atoms with E-state index in [1.54, 1.807) is 0 Å². The molecule has 2 unspecified atom stereocenters. The lowest BCUT2D eigenvalue weighted by Gasteiger charge is -2.36. The molecule has 4 nitrogen and oxygen atoms in total. The van der Waals surface area contributed by atoms with E-state index >= 15 is 0 Å². The Hall–Kier alpha value is -0.770. The summed E-state index contributed by atoms with van der Waals surface area (Å²) in [6, 6.07) is 0.218. The number of nitrogens with zero attached hydrogens (tertiary/aromatic N) is 1. The first kappa shape index (κ1) is 16.3. The Morgan fingerprint density at radius 1 is 1.37 bits per heavy atom. The van der Waals surface area contributed by atoms with Gasteiger partial charge in [0.1, 0.15) is 5.60 Å². The summed E-state index contributed by atoms with van der Waals surface area (Å²) < 4.78 is 5.32. The van der Waals surface area contributed by atoms with E-state index in [0.29, 0.717) is 5.92 Å². The number of likely N-dealkylation sites (tertiary alicyclic amines) is 1. The second kappa shape index (κ2) is 7.13. The fourth-order valence-corrected chi connectivity index (χ4v) is 2.72. The van der Waals surface area contributed by atoms with Crippen molar-refractivity contribution >= 4 is 6.09 Å². The lowest BCUT2D eigenvalue weighted by molar-refractivity contribution is 0.0458. The van der Waals surface area contributed by atoms with Crippen LogP contribution in [0.15, 0.2) is 0 Å². The standard InChI is InChI=1S/C15H30N2O2/c1-6-7-8-12-9-13(11-17(5)10-12)16-14(18)19-15(2,3)4/h12-13H,6-11H2,1-5H3,(H,16,18). The van der Waals surface area contributed by atoms with Crippen LogP contribution in [-0.4, -0.2) is 42.8 Å². The minimum Gasteiger partial charge on any atom is -0.444 e. The van der Waals surface area contributed by atoms with Crippen molar-refractivity contribution in [2.75, 3.05) is 20.1 Å². The van der Waals surface area contributed by atoms with Gasteiger partial charge in [-0.2, -0.15) is 0 Å². The first-order valence-corrected chi connectivity index (χ1v) is 7.48. The van der Waals surface area contributed by atoms with Gasteiger partial charge in [-0.3, -0.25) is 0 Å². The lowest BCUT2D eigenvalue weighted by Crippen LogP contribution is -2.50. The van der Waals surface area contributed by atoms with Gasteiger partial charge in [-0.15, -0.1) is 0 Å². The number of alkyl carbamates (subject to hydrolysis) is 1. The Morgan fingerprint density at radius 2 is 2.05 bits per heavy atom. The third kappa shape index (κ3) is 6.81. The van der Waals surface area contributed by atoms with Crippen molar-refractivity contribution in [1.29, 1.82) is 0 Å². The highest BCUT2D eigenvalue weighted by molar-refractivity contribution is 5.68. The summed E-state index contributed by atoms with van der Waals surface area (Å²) in [7, 11) is 2.13. The highest BCUT2D eigenvalue weighted by Crippen LogP contribution is 2.21. The predicted octanol–water partition coefficient (Wildman–Crippen LogP) is 3.02. The minimum atomic E-state index is -0.424. The van der Waals surface area contributed by atoms with Crippen LogP contribution >= 0.6 is 0 Å². The topological polar surface area (TPSA) is 41.6 Å². The molecule has 0 radical (unpaired) electrons. The van der Waals surface area contributed by atoms with Gasteiger partial charge >= 0.3 is 6.09 Å². The summed E-state index contributed by atoms with van der Waals surface area (Å²) >= 11 is 0.